The highest BCUT2D eigenvalue weighted by Gasteiger charge is 2.57. The third-order valence-electron chi connectivity index (χ3n) is 8.58. The molecule has 8 aliphatic rings. The van der Waals surface area contributed by atoms with Crippen molar-refractivity contribution in [2.45, 2.75) is 115 Å². The summed E-state index contributed by atoms with van der Waals surface area (Å²) in [5, 5.41) is 0. The maximum atomic E-state index is 11.1. The van der Waals surface area contributed by atoms with E-state index in [-0.39, 0.29) is 16.7 Å². The van der Waals surface area contributed by atoms with Crippen molar-refractivity contribution >= 4 is 18.5 Å². The van der Waals surface area contributed by atoms with E-state index in [2.05, 4.69) is 0 Å². The van der Waals surface area contributed by atoms with Gasteiger partial charge >= 0.3 is 6.72 Å². The summed E-state index contributed by atoms with van der Waals surface area (Å²) in [6.45, 7) is 2.74. The molecule has 8 fully saturated rings. The lowest BCUT2D eigenvalue weighted by molar-refractivity contribution is -0.142. The first-order valence-corrected chi connectivity index (χ1v) is 15.0. The van der Waals surface area contributed by atoms with Gasteiger partial charge in [0, 0.05) is 5.54 Å². The van der Waals surface area contributed by atoms with Gasteiger partial charge in [0.1, 0.15) is 0 Å². The second kappa shape index (κ2) is 7.50. The van der Waals surface area contributed by atoms with Crippen LogP contribution in [0.15, 0.2) is 0 Å². The molecular weight excluding hydrogens is 413 g/mol. The average Bonchev–Trinajstić information content (AvgIpc) is 2.47. The van der Waals surface area contributed by atoms with Crippen LogP contribution in [0, 0.1) is 35.5 Å². The Morgan fingerprint density at radius 3 is 1.10 bits per heavy atom. The Hall–Kier alpha value is 0.490. The zero-order chi connectivity index (χ0) is 21.4. The Kier molecular flexibility index (Phi) is 5.57. The molecule has 6 heteroatoms. The fourth-order valence-electron chi connectivity index (χ4n) is 8.79. The van der Waals surface area contributed by atoms with Crippen LogP contribution in [0.1, 0.15) is 97.8 Å². The fourth-order valence-corrected chi connectivity index (χ4v) is 11.2. The van der Waals surface area contributed by atoms with Gasteiger partial charge in [-0.1, -0.05) is 0 Å². The normalized spacial score (nSPS) is 50.2. The molecule has 0 saturated heterocycles. The molecule has 0 aromatic carbocycles. The minimum absolute atomic E-state index is 0. The molecule has 0 radical (unpaired) electrons. The van der Waals surface area contributed by atoms with E-state index in [1.54, 1.807) is 0 Å². The Morgan fingerprint density at radius 1 is 0.700 bits per heavy atom. The lowest BCUT2D eigenvalue weighted by atomic mass is 9.54. The van der Waals surface area contributed by atoms with Gasteiger partial charge in [0.05, 0.1) is 11.2 Å². The fraction of sp³-hybridized carbons (Fsp3) is 1.00. The van der Waals surface area contributed by atoms with Gasteiger partial charge in [-0.05, 0) is 145 Å². The van der Waals surface area contributed by atoms with Crippen molar-refractivity contribution < 1.29 is 13.9 Å². The maximum Gasteiger partial charge on any atom is 0.325 e. The van der Waals surface area contributed by atoms with Crippen LogP contribution in [0.25, 0.3) is 0 Å². The third-order valence-corrected chi connectivity index (χ3v) is 10.3. The van der Waals surface area contributed by atoms with E-state index in [4.69, 9.17) is 26.6 Å². The summed E-state index contributed by atoms with van der Waals surface area (Å²) in [5.41, 5.74) is 5.05. The zero-order valence-corrected chi connectivity index (χ0v) is 20.9. The van der Waals surface area contributed by atoms with E-state index in [9.17, 15) is 4.89 Å². The molecule has 0 aliphatic heterocycles. The second-order valence-electron chi connectivity index (χ2n) is 13.2. The molecule has 0 atom stereocenters. The third kappa shape index (κ3) is 4.87. The molecular formula is C24H42NO3PS. The molecule has 0 aromatic heterocycles. The quantitative estimate of drug-likeness (QED) is 0.515. The summed E-state index contributed by atoms with van der Waals surface area (Å²) in [5.74, 6) is 4.84. The summed E-state index contributed by atoms with van der Waals surface area (Å²) < 4.78 is 12.9. The van der Waals surface area contributed by atoms with Crippen molar-refractivity contribution in [1.29, 1.82) is 0 Å². The molecule has 8 bridgehead atoms. The van der Waals surface area contributed by atoms with Crippen molar-refractivity contribution in [3.63, 3.8) is 0 Å². The molecule has 0 amide bonds. The van der Waals surface area contributed by atoms with Gasteiger partial charge in [-0.2, -0.15) is 0 Å². The van der Waals surface area contributed by atoms with Crippen LogP contribution in [-0.2, 0) is 20.9 Å². The van der Waals surface area contributed by atoms with Gasteiger partial charge in [-0.15, -0.1) is 0 Å². The number of rotatable bonds is 4. The van der Waals surface area contributed by atoms with Crippen LogP contribution in [0.5, 0.6) is 0 Å². The standard InChI is InChI=1S/C20H31O3PS.C4H11N/c21-24(25,22-19-7-13-1-14(8-19)3-15(2-13)9-19)23-20-10-16-4-17(11-20)6-18(5-16)12-20;1-4(2,3)5/h13-18H,1-12H2,(H,21,25);5H2,1-3H3. The number of hydrogen-bond acceptors (Lipinski definition) is 4. The lowest BCUT2D eigenvalue weighted by Gasteiger charge is -2.58. The second-order valence-corrected chi connectivity index (χ2v) is 15.9. The van der Waals surface area contributed by atoms with Crippen LogP contribution in [0.4, 0.5) is 0 Å². The van der Waals surface area contributed by atoms with Crippen molar-refractivity contribution in [3.8, 4) is 0 Å². The molecule has 0 spiro atoms. The molecule has 3 N–H and O–H groups in total. The predicted molar refractivity (Wildman–Crippen MR) is 124 cm³/mol. The summed E-state index contributed by atoms with van der Waals surface area (Å²) in [4.78, 5) is 11.1. The van der Waals surface area contributed by atoms with Crippen molar-refractivity contribution in [2.75, 3.05) is 0 Å². The molecule has 172 valence electrons. The first-order chi connectivity index (χ1) is 13.9. The first kappa shape index (κ1) is 22.3. The van der Waals surface area contributed by atoms with Crippen molar-refractivity contribution in [1.82, 2.24) is 0 Å². The van der Waals surface area contributed by atoms with Crippen LogP contribution >= 0.6 is 6.72 Å². The highest BCUT2D eigenvalue weighted by Crippen LogP contribution is 2.66. The smallest absolute Gasteiger partial charge is 0.325 e. The Morgan fingerprint density at radius 2 is 0.900 bits per heavy atom. The number of hydrogen-bond donors (Lipinski definition) is 2. The van der Waals surface area contributed by atoms with Gasteiger partial charge < -0.3 is 19.7 Å². The molecule has 8 rings (SSSR count). The molecule has 8 saturated carbocycles. The Labute approximate surface area is 188 Å². The van der Waals surface area contributed by atoms with Crippen LogP contribution in [0.2, 0.25) is 0 Å². The summed E-state index contributed by atoms with van der Waals surface area (Å²) >= 11 is 5.64. The summed E-state index contributed by atoms with van der Waals surface area (Å²) in [6.07, 6.45) is 15.0. The van der Waals surface area contributed by atoms with Gasteiger partial charge in [0.25, 0.3) is 0 Å². The molecule has 8 aliphatic carbocycles. The molecule has 0 aromatic rings. The van der Waals surface area contributed by atoms with Crippen molar-refractivity contribution in [2.24, 2.45) is 41.2 Å². The van der Waals surface area contributed by atoms with E-state index in [1.807, 2.05) is 20.8 Å². The van der Waals surface area contributed by atoms with Crippen LogP contribution < -0.4 is 5.73 Å². The topological polar surface area (TPSA) is 64.7 Å². The van der Waals surface area contributed by atoms with Crippen LogP contribution in [-0.4, -0.2) is 21.6 Å². The van der Waals surface area contributed by atoms with Gasteiger partial charge in [-0.3, -0.25) is 0 Å². The summed E-state index contributed by atoms with van der Waals surface area (Å²) in [6, 6.07) is 0. The summed E-state index contributed by atoms with van der Waals surface area (Å²) in [7, 11) is 0. The molecule has 0 heterocycles. The Bertz CT molecular complexity index is 591. The largest absolute Gasteiger partial charge is 0.326 e. The first-order valence-electron chi connectivity index (χ1n) is 12.4. The van der Waals surface area contributed by atoms with Gasteiger partial charge in [-0.25, -0.2) is 0 Å². The predicted octanol–water partition coefficient (Wildman–Crippen LogP) is 5.92. The SMILES string of the molecule is CC(C)(C)N.OP(=S)(OC12CC3CC(CC(C3)C1)C2)OC12CC3CC(CC(C3)C1)C2. The van der Waals surface area contributed by atoms with Gasteiger partial charge in [0.15, 0.2) is 0 Å². The van der Waals surface area contributed by atoms with Gasteiger partial charge in [0.2, 0.25) is 0 Å². The lowest BCUT2D eigenvalue weighted by Crippen LogP contribution is -2.53. The van der Waals surface area contributed by atoms with E-state index in [1.165, 1.54) is 38.5 Å². The highest BCUT2D eigenvalue weighted by molar-refractivity contribution is 8.07. The minimum atomic E-state index is -3.16. The van der Waals surface area contributed by atoms with E-state index in [0.717, 1.165) is 74.0 Å². The Balaban J connectivity index is 0.000000349. The van der Waals surface area contributed by atoms with E-state index in [0.29, 0.717) is 0 Å². The zero-order valence-electron chi connectivity index (χ0n) is 19.1. The van der Waals surface area contributed by atoms with Crippen LogP contribution in [0.3, 0.4) is 0 Å². The molecule has 4 nitrogen and oxygen atoms in total. The van der Waals surface area contributed by atoms with E-state index >= 15 is 0 Å². The maximum absolute atomic E-state index is 11.1. The number of nitrogens with two attached hydrogens (primary N) is 1. The molecule has 0 unspecified atom stereocenters. The highest BCUT2D eigenvalue weighted by atomic mass is 32.5. The molecule has 30 heavy (non-hydrogen) atoms. The minimum Gasteiger partial charge on any atom is -0.326 e. The monoisotopic (exact) mass is 455 g/mol. The van der Waals surface area contributed by atoms with Crippen molar-refractivity contribution in [3.05, 3.63) is 0 Å². The van der Waals surface area contributed by atoms with E-state index < -0.39 is 6.72 Å². The average molecular weight is 456 g/mol.